The van der Waals surface area contributed by atoms with Crippen LogP contribution in [-0.2, 0) is 47.0 Å². The Hall–Kier alpha value is -3.65. The second-order valence-electron chi connectivity index (χ2n) is 15.5. The van der Waals surface area contributed by atoms with Gasteiger partial charge in [-0.1, -0.05) is 55.5 Å². The van der Waals surface area contributed by atoms with Gasteiger partial charge in [-0.05, 0) is 80.5 Å². The zero-order valence-corrected chi connectivity index (χ0v) is 30.9. The number of rotatable bonds is 7. The van der Waals surface area contributed by atoms with Crippen molar-refractivity contribution in [1.82, 2.24) is 25.2 Å². The first-order valence-corrected chi connectivity index (χ1v) is 20.7. The molecule has 0 spiro atoms. The minimum absolute atomic E-state index is 0.0305. The minimum atomic E-state index is -3.89. The number of hydrogen-bond acceptors (Lipinski definition) is 8. The number of benzene rings is 1. The lowest BCUT2D eigenvalue weighted by molar-refractivity contribution is -0.142. The summed E-state index contributed by atoms with van der Waals surface area (Å²) in [5.41, 5.74) is 0.359. The number of ether oxygens (including phenoxy) is 1. The van der Waals surface area contributed by atoms with E-state index in [1.807, 2.05) is 24.3 Å². The third-order valence-corrected chi connectivity index (χ3v) is 13.6. The predicted molar refractivity (Wildman–Crippen MR) is 191 cm³/mol. The molecule has 0 unspecified atom stereocenters. The number of fused-ring (bicyclic) bond motifs is 3. The van der Waals surface area contributed by atoms with Crippen LogP contribution in [0.2, 0.25) is 5.02 Å². The van der Waals surface area contributed by atoms with Crippen LogP contribution in [0.15, 0.2) is 30.4 Å². The van der Waals surface area contributed by atoms with Gasteiger partial charge in [-0.15, -0.1) is 0 Å². The molecule has 13 nitrogen and oxygen atoms in total. The van der Waals surface area contributed by atoms with E-state index in [0.717, 1.165) is 49.7 Å². The quantitative estimate of drug-likeness (QED) is 0.353. The molecular formula is C37H48ClN5O8S. The van der Waals surface area contributed by atoms with Crippen LogP contribution in [-0.4, -0.2) is 83.5 Å². The van der Waals surface area contributed by atoms with E-state index in [4.69, 9.17) is 16.3 Å². The van der Waals surface area contributed by atoms with E-state index in [9.17, 15) is 32.4 Å². The number of nitrogens with zero attached hydrogens (tertiary/aromatic N) is 2. The van der Waals surface area contributed by atoms with E-state index in [1.54, 1.807) is 6.07 Å². The third-order valence-electron chi connectivity index (χ3n) is 11.5. The van der Waals surface area contributed by atoms with E-state index in [-0.39, 0.29) is 31.2 Å². The predicted octanol–water partition coefficient (Wildman–Crippen LogP) is 3.83. The van der Waals surface area contributed by atoms with Crippen molar-refractivity contribution in [3.8, 4) is 0 Å². The molecule has 5 atom stereocenters. The molecule has 0 radical (unpaired) electrons. The lowest BCUT2D eigenvalue weighted by atomic mass is 10.0. The van der Waals surface area contributed by atoms with E-state index in [1.165, 1.54) is 9.80 Å². The number of amides is 5. The van der Waals surface area contributed by atoms with Crippen LogP contribution in [0, 0.1) is 11.8 Å². The van der Waals surface area contributed by atoms with Crippen molar-refractivity contribution in [1.29, 1.82) is 0 Å². The lowest BCUT2D eigenvalue weighted by Crippen LogP contribution is -2.58. The Kier molecular flexibility index (Phi) is 10.6. The summed E-state index contributed by atoms with van der Waals surface area (Å²) in [6.07, 6.45) is 11.4. The van der Waals surface area contributed by atoms with E-state index in [2.05, 4.69) is 15.4 Å². The molecule has 1 aromatic carbocycles. The molecule has 3 aliphatic heterocycles. The van der Waals surface area contributed by atoms with Crippen LogP contribution in [0.5, 0.6) is 0 Å². The maximum Gasteiger partial charge on any atom is 0.410 e. The smallest absolute Gasteiger partial charge is 0.410 e. The monoisotopic (exact) mass is 757 g/mol. The number of sulfonamides is 1. The average Bonchev–Trinajstić information content (AvgIpc) is 3.89. The van der Waals surface area contributed by atoms with E-state index < -0.39 is 68.7 Å². The molecule has 6 aliphatic rings. The number of carbonyl (C=O) groups excluding carboxylic acids is 5. The Morgan fingerprint density at radius 3 is 2.50 bits per heavy atom. The number of nitrogens with one attached hydrogen (secondary N) is 3. The number of halogens is 1. The molecule has 3 saturated carbocycles. The van der Waals surface area contributed by atoms with E-state index >= 15 is 0 Å². The molecule has 7 rings (SSSR count). The fourth-order valence-electron chi connectivity index (χ4n) is 8.29. The molecular weight excluding hydrogens is 710 g/mol. The molecule has 3 aliphatic carbocycles. The van der Waals surface area contributed by atoms with Gasteiger partial charge >= 0.3 is 6.09 Å². The first kappa shape index (κ1) is 36.7. The van der Waals surface area contributed by atoms with Gasteiger partial charge in [0.25, 0.3) is 5.91 Å². The average molecular weight is 758 g/mol. The van der Waals surface area contributed by atoms with Crippen molar-refractivity contribution in [3.63, 3.8) is 0 Å². The summed E-state index contributed by atoms with van der Waals surface area (Å²) in [6.45, 7) is 0.554. The van der Waals surface area contributed by atoms with Crippen LogP contribution in [0.4, 0.5) is 4.79 Å². The zero-order valence-electron chi connectivity index (χ0n) is 29.3. The molecule has 1 aromatic rings. The number of allylic oxidation sites excluding steroid dienone is 1. The SMILES string of the molecule is O=C(CC1CCCC1)N[C@H]1CCCCC/C=C\[C@H]2C[C@@]2(C(=O)NS(=O)(=O)C2CC2)NC(=O)[C@@H]2C[C@@H](OC(=O)N3Cc4ccc(Cl)cc4C3)CN2C1=O. The number of carbonyl (C=O) groups is 5. The zero-order chi connectivity index (χ0) is 36.6. The van der Waals surface area contributed by atoms with Gasteiger partial charge in [-0.25, -0.2) is 13.2 Å². The van der Waals surface area contributed by atoms with Crippen molar-refractivity contribution in [2.75, 3.05) is 6.54 Å². The van der Waals surface area contributed by atoms with Crippen LogP contribution in [0.1, 0.15) is 101 Å². The van der Waals surface area contributed by atoms with Crippen molar-refractivity contribution >= 4 is 51.3 Å². The first-order valence-electron chi connectivity index (χ1n) is 18.8. The van der Waals surface area contributed by atoms with Crippen molar-refractivity contribution in [2.45, 2.75) is 132 Å². The minimum Gasteiger partial charge on any atom is -0.444 e. The normalized spacial score (nSPS) is 30.2. The third kappa shape index (κ3) is 8.12. The molecule has 52 heavy (non-hydrogen) atoms. The second kappa shape index (κ2) is 15.0. The standard InChI is InChI=1S/C37H48ClN5O8S/c38-27-13-12-24-20-42(21-25(24)17-27)36(48)51-28-18-31-33(45)40-37(35(47)41-52(49,50)29-14-15-29)19-26(37)10-4-2-1-3-5-11-30(34(46)43(31)22-28)39-32(44)16-23-8-6-7-9-23/h4,10,12-13,17,23,26,28-31H,1-3,5-9,11,14-16,18-22H2,(H,39,44)(H,40,45)(H,41,47)/b10-4-/t26-,28+,30-,31-,37+/m0/s1. The molecule has 3 heterocycles. The van der Waals surface area contributed by atoms with Crippen molar-refractivity contribution < 1.29 is 37.1 Å². The summed E-state index contributed by atoms with van der Waals surface area (Å²) in [5.74, 6) is -2.23. The van der Waals surface area contributed by atoms with Crippen LogP contribution in [0.25, 0.3) is 0 Å². The summed E-state index contributed by atoms with van der Waals surface area (Å²) >= 11 is 6.16. The molecule has 1 saturated heterocycles. The fraction of sp³-hybridized carbons (Fsp3) is 0.649. The summed E-state index contributed by atoms with van der Waals surface area (Å²) < 4.78 is 33.7. The van der Waals surface area contributed by atoms with Gasteiger partial charge in [-0.2, -0.15) is 0 Å². The Labute approximate surface area is 309 Å². The van der Waals surface area contributed by atoms with Gasteiger partial charge in [0, 0.05) is 36.9 Å². The molecule has 0 bridgehead atoms. The summed E-state index contributed by atoms with van der Waals surface area (Å²) in [6, 6.07) is 3.42. The molecule has 3 N–H and O–H groups in total. The Balaban J connectivity index is 1.12. The Morgan fingerprint density at radius 2 is 1.73 bits per heavy atom. The van der Waals surface area contributed by atoms with Gasteiger partial charge in [-0.3, -0.25) is 28.8 Å². The van der Waals surface area contributed by atoms with Gasteiger partial charge < -0.3 is 20.3 Å². The van der Waals surface area contributed by atoms with Gasteiger partial charge in [0.15, 0.2) is 0 Å². The van der Waals surface area contributed by atoms with Gasteiger partial charge in [0.05, 0.1) is 11.8 Å². The van der Waals surface area contributed by atoms with Gasteiger partial charge in [0.2, 0.25) is 27.7 Å². The van der Waals surface area contributed by atoms with Crippen LogP contribution >= 0.6 is 11.6 Å². The molecule has 282 valence electrons. The van der Waals surface area contributed by atoms with E-state index in [0.29, 0.717) is 56.6 Å². The Bertz CT molecular complexity index is 1740. The molecule has 4 fully saturated rings. The highest BCUT2D eigenvalue weighted by Crippen LogP contribution is 2.46. The lowest BCUT2D eigenvalue weighted by Gasteiger charge is -2.30. The molecule has 0 aromatic heterocycles. The van der Waals surface area contributed by atoms with Crippen LogP contribution < -0.4 is 15.4 Å². The Morgan fingerprint density at radius 1 is 0.981 bits per heavy atom. The second-order valence-corrected chi connectivity index (χ2v) is 17.9. The summed E-state index contributed by atoms with van der Waals surface area (Å²) in [5, 5.41) is 5.77. The molecule has 5 amide bonds. The summed E-state index contributed by atoms with van der Waals surface area (Å²) in [4.78, 5) is 71.9. The van der Waals surface area contributed by atoms with Crippen molar-refractivity contribution in [3.05, 3.63) is 46.5 Å². The number of hydrogen-bond donors (Lipinski definition) is 3. The van der Waals surface area contributed by atoms with Crippen molar-refractivity contribution in [2.24, 2.45) is 11.8 Å². The maximum atomic E-state index is 14.4. The largest absolute Gasteiger partial charge is 0.444 e. The van der Waals surface area contributed by atoms with Crippen LogP contribution in [0.3, 0.4) is 0 Å². The summed E-state index contributed by atoms with van der Waals surface area (Å²) in [7, 11) is -3.89. The highest BCUT2D eigenvalue weighted by molar-refractivity contribution is 7.91. The van der Waals surface area contributed by atoms with Gasteiger partial charge in [0.1, 0.15) is 23.7 Å². The highest BCUT2D eigenvalue weighted by Gasteiger charge is 2.62. The fourth-order valence-corrected chi connectivity index (χ4v) is 9.85. The first-order chi connectivity index (χ1) is 24.9. The topological polar surface area (TPSA) is 171 Å². The highest BCUT2D eigenvalue weighted by atomic mass is 35.5. The maximum absolute atomic E-state index is 14.4. The molecule has 15 heteroatoms.